The van der Waals surface area contributed by atoms with E-state index >= 15 is 0 Å². The van der Waals surface area contributed by atoms with E-state index in [2.05, 4.69) is 4.98 Å². The summed E-state index contributed by atoms with van der Waals surface area (Å²) in [4.78, 5) is 32.7. The van der Waals surface area contributed by atoms with Gasteiger partial charge < -0.3 is 14.8 Å². The van der Waals surface area contributed by atoms with Crippen LogP contribution in [0.5, 0.6) is 0 Å². The molecule has 1 N–H and O–H groups in total. The Morgan fingerprint density at radius 1 is 1.14 bits per heavy atom. The van der Waals surface area contributed by atoms with Crippen LogP contribution in [-0.4, -0.2) is 40.8 Å². The molecule has 150 valence electrons. The Bertz CT molecular complexity index is 1020. The van der Waals surface area contributed by atoms with Gasteiger partial charge in [0.05, 0.1) is 5.56 Å². The number of amides is 2. The maximum atomic E-state index is 13.1. The van der Waals surface area contributed by atoms with Gasteiger partial charge in [0.25, 0.3) is 5.91 Å². The quantitative estimate of drug-likeness (QED) is 0.668. The van der Waals surface area contributed by atoms with E-state index < -0.39 is 0 Å². The van der Waals surface area contributed by atoms with Crippen LogP contribution in [0, 0.1) is 0 Å². The predicted octanol–water partition coefficient (Wildman–Crippen LogP) is 4.87. The van der Waals surface area contributed by atoms with E-state index in [4.69, 9.17) is 11.6 Å². The van der Waals surface area contributed by atoms with Crippen LogP contribution in [-0.2, 0) is 4.79 Å². The highest BCUT2D eigenvalue weighted by Crippen LogP contribution is 2.27. The van der Waals surface area contributed by atoms with E-state index in [-0.39, 0.29) is 17.9 Å². The van der Waals surface area contributed by atoms with Crippen LogP contribution in [0.15, 0.2) is 54.7 Å². The molecule has 2 amide bonds. The van der Waals surface area contributed by atoms with E-state index in [1.165, 1.54) is 0 Å². The summed E-state index contributed by atoms with van der Waals surface area (Å²) < 4.78 is 0. The summed E-state index contributed by atoms with van der Waals surface area (Å²) in [6.07, 6.45) is 3.74. The maximum Gasteiger partial charge on any atom is 0.256 e. The number of aromatic nitrogens is 1. The van der Waals surface area contributed by atoms with Crippen LogP contribution in [0.25, 0.3) is 10.9 Å². The lowest BCUT2D eigenvalue weighted by molar-refractivity contribution is -0.119. The first kappa shape index (κ1) is 19.5. The number of hydrogen-bond donors (Lipinski definition) is 1. The first-order valence-electron chi connectivity index (χ1n) is 10.0. The van der Waals surface area contributed by atoms with Gasteiger partial charge in [-0.25, -0.2) is 0 Å². The van der Waals surface area contributed by atoms with Crippen molar-refractivity contribution in [3.05, 3.63) is 65.3 Å². The Morgan fingerprint density at radius 3 is 2.55 bits per heavy atom. The van der Waals surface area contributed by atoms with Gasteiger partial charge in [-0.1, -0.05) is 36.7 Å². The normalized spacial score (nSPS) is 14.9. The largest absolute Gasteiger partial charge is 0.360 e. The molecule has 0 atom stereocenters. The SMILES string of the molecule is CCC(=O)N(c1ccccc1)C1CCN(C(=O)c2c[nH]c3ccc(Cl)cc23)CC1. The Kier molecular flexibility index (Phi) is 5.58. The number of halogens is 1. The molecule has 6 heteroatoms. The molecule has 1 saturated heterocycles. The van der Waals surface area contributed by atoms with Gasteiger partial charge in [-0.15, -0.1) is 0 Å². The van der Waals surface area contributed by atoms with Gasteiger partial charge in [0, 0.05) is 53.4 Å². The van der Waals surface area contributed by atoms with Gasteiger partial charge in [-0.05, 0) is 43.2 Å². The van der Waals surface area contributed by atoms with Crippen molar-refractivity contribution in [2.24, 2.45) is 0 Å². The highest BCUT2D eigenvalue weighted by molar-refractivity contribution is 6.31. The number of carbonyl (C=O) groups is 2. The topological polar surface area (TPSA) is 56.4 Å². The minimum atomic E-state index is 0.00467. The summed E-state index contributed by atoms with van der Waals surface area (Å²) in [5.74, 6) is 0.122. The van der Waals surface area contributed by atoms with Crippen LogP contribution in [0.1, 0.15) is 36.5 Å². The molecule has 1 fully saturated rings. The summed E-state index contributed by atoms with van der Waals surface area (Å²) in [6, 6.07) is 15.4. The zero-order valence-corrected chi connectivity index (χ0v) is 17.2. The number of rotatable bonds is 4. The lowest BCUT2D eigenvalue weighted by atomic mass is 10.0. The average Bonchev–Trinajstić information content (AvgIpc) is 3.17. The van der Waals surface area contributed by atoms with Crippen molar-refractivity contribution in [3.8, 4) is 0 Å². The van der Waals surface area contributed by atoms with E-state index in [1.54, 1.807) is 6.20 Å². The van der Waals surface area contributed by atoms with E-state index in [1.807, 2.05) is 65.3 Å². The third kappa shape index (κ3) is 3.87. The van der Waals surface area contributed by atoms with Gasteiger partial charge in [0.2, 0.25) is 5.91 Å². The van der Waals surface area contributed by atoms with Crippen molar-refractivity contribution < 1.29 is 9.59 Å². The van der Waals surface area contributed by atoms with Crippen molar-refractivity contribution in [3.63, 3.8) is 0 Å². The molecule has 1 aliphatic heterocycles. The fraction of sp³-hybridized carbons (Fsp3) is 0.304. The molecule has 1 aliphatic rings. The molecule has 0 saturated carbocycles. The van der Waals surface area contributed by atoms with Crippen LogP contribution >= 0.6 is 11.6 Å². The van der Waals surface area contributed by atoms with E-state index in [0.29, 0.717) is 30.1 Å². The van der Waals surface area contributed by atoms with Crippen LogP contribution in [0.3, 0.4) is 0 Å². The molecular weight excluding hydrogens is 386 g/mol. The van der Waals surface area contributed by atoms with Gasteiger partial charge in [0.15, 0.2) is 0 Å². The molecule has 0 radical (unpaired) electrons. The zero-order chi connectivity index (χ0) is 20.4. The van der Waals surface area contributed by atoms with Gasteiger partial charge in [-0.2, -0.15) is 0 Å². The number of fused-ring (bicyclic) bond motifs is 1. The molecule has 29 heavy (non-hydrogen) atoms. The molecule has 3 aromatic rings. The number of nitrogens with zero attached hydrogens (tertiary/aromatic N) is 2. The molecule has 5 nitrogen and oxygen atoms in total. The molecule has 2 heterocycles. The molecule has 0 spiro atoms. The van der Waals surface area contributed by atoms with Crippen molar-refractivity contribution in [2.45, 2.75) is 32.2 Å². The highest BCUT2D eigenvalue weighted by Gasteiger charge is 2.31. The lowest BCUT2D eigenvalue weighted by Gasteiger charge is -2.38. The maximum absolute atomic E-state index is 13.1. The summed E-state index contributed by atoms with van der Waals surface area (Å²) in [5.41, 5.74) is 2.47. The van der Waals surface area contributed by atoms with Crippen molar-refractivity contribution in [2.75, 3.05) is 18.0 Å². The standard InChI is InChI=1S/C23H24ClN3O2/c1-2-22(28)27(17-6-4-3-5-7-17)18-10-12-26(13-11-18)23(29)20-15-25-21-9-8-16(24)14-19(20)21/h3-9,14-15,18,25H,2,10-13H2,1H3. The minimum Gasteiger partial charge on any atom is -0.360 e. The second-order valence-electron chi connectivity index (χ2n) is 7.37. The summed E-state index contributed by atoms with van der Waals surface area (Å²) in [7, 11) is 0. The first-order valence-corrected chi connectivity index (χ1v) is 10.4. The number of carbonyl (C=O) groups excluding carboxylic acids is 2. The predicted molar refractivity (Wildman–Crippen MR) is 116 cm³/mol. The van der Waals surface area contributed by atoms with Crippen molar-refractivity contribution in [1.29, 1.82) is 0 Å². The highest BCUT2D eigenvalue weighted by atomic mass is 35.5. The molecule has 0 aliphatic carbocycles. The number of likely N-dealkylation sites (tertiary alicyclic amines) is 1. The molecule has 0 bridgehead atoms. The third-order valence-electron chi connectivity index (χ3n) is 5.60. The molecule has 1 aromatic heterocycles. The lowest BCUT2D eigenvalue weighted by Crippen LogP contribution is -2.49. The number of nitrogens with one attached hydrogen (secondary N) is 1. The fourth-order valence-electron chi connectivity index (χ4n) is 4.08. The van der Waals surface area contributed by atoms with E-state index in [9.17, 15) is 9.59 Å². The van der Waals surface area contributed by atoms with E-state index in [0.717, 1.165) is 29.4 Å². The number of piperidine rings is 1. The van der Waals surface area contributed by atoms with Gasteiger partial charge in [0.1, 0.15) is 0 Å². The van der Waals surface area contributed by atoms with Crippen molar-refractivity contribution >= 4 is 40.0 Å². The van der Waals surface area contributed by atoms with Crippen LogP contribution < -0.4 is 4.90 Å². The first-order chi connectivity index (χ1) is 14.1. The summed E-state index contributed by atoms with van der Waals surface area (Å²) in [6.45, 7) is 3.13. The Labute approximate surface area is 175 Å². The van der Waals surface area contributed by atoms with Crippen molar-refractivity contribution in [1.82, 2.24) is 9.88 Å². The second-order valence-corrected chi connectivity index (χ2v) is 7.80. The smallest absolute Gasteiger partial charge is 0.256 e. The molecular formula is C23H24ClN3O2. The number of benzene rings is 2. The number of anilines is 1. The fourth-order valence-corrected chi connectivity index (χ4v) is 4.26. The number of aromatic amines is 1. The minimum absolute atomic E-state index is 0.00467. The summed E-state index contributed by atoms with van der Waals surface area (Å²) >= 11 is 6.12. The Balaban J connectivity index is 1.50. The summed E-state index contributed by atoms with van der Waals surface area (Å²) in [5, 5.41) is 1.46. The van der Waals surface area contributed by atoms with Gasteiger partial charge in [-0.3, -0.25) is 9.59 Å². The Hall–Kier alpha value is -2.79. The van der Waals surface area contributed by atoms with Crippen LogP contribution in [0.4, 0.5) is 5.69 Å². The monoisotopic (exact) mass is 409 g/mol. The number of para-hydroxylation sites is 1. The molecule has 0 unspecified atom stereocenters. The zero-order valence-electron chi connectivity index (χ0n) is 16.4. The third-order valence-corrected chi connectivity index (χ3v) is 5.83. The number of H-pyrrole nitrogens is 1. The van der Waals surface area contributed by atoms with Gasteiger partial charge >= 0.3 is 0 Å². The molecule has 4 rings (SSSR count). The average molecular weight is 410 g/mol. The molecule has 2 aromatic carbocycles. The Morgan fingerprint density at radius 2 is 1.86 bits per heavy atom. The number of hydrogen-bond acceptors (Lipinski definition) is 2. The van der Waals surface area contributed by atoms with Crippen LogP contribution in [0.2, 0.25) is 5.02 Å². The second kappa shape index (κ2) is 8.29.